The Morgan fingerprint density at radius 2 is 1.73 bits per heavy atom. The van der Waals surface area contributed by atoms with Gasteiger partial charge in [0.25, 0.3) is 11.5 Å². The Morgan fingerprint density at radius 1 is 0.975 bits per heavy atom. The summed E-state index contributed by atoms with van der Waals surface area (Å²) in [4.78, 5) is 30.6. The number of nitrogens with one attached hydrogen (secondary N) is 1. The van der Waals surface area contributed by atoms with Crippen molar-refractivity contribution < 1.29 is 18.7 Å². The van der Waals surface area contributed by atoms with Gasteiger partial charge in [-0.3, -0.25) is 9.59 Å². The largest absolute Gasteiger partial charge is 0.497 e. The number of fused-ring (bicyclic) bond motifs is 1. The Hall–Kier alpha value is -4.63. The molecule has 0 bridgehead atoms. The third-order valence-corrected chi connectivity index (χ3v) is 7.41. The fourth-order valence-electron chi connectivity index (χ4n) is 5.06. The van der Waals surface area contributed by atoms with Crippen LogP contribution in [0.25, 0.3) is 22.0 Å². The van der Waals surface area contributed by atoms with E-state index >= 15 is 0 Å². The lowest BCUT2D eigenvalue weighted by molar-refractivity contribution is 0.0692. The maximum Gasteiger partial charge on any atom is 0.274 e. The van der Waals surface area contributed by atoms with Gasteiger partial charge < -0.3 is 18.9 Å². The molecule has 0 spiro atoms. The quantitative estimate of drug-likeness (QED) is 0.239. The average Bonchev–Trinajstić information content (AvgIpc) is 3.67. The molecule has 0 saturated carbocycles. The number of aromatic amines is 1. The fraction of sp³-hybridized carbons (Fsp3) is 0.129. The second-order valence-corrected chi connectivity index (χ2v) is 10.2. The van der Waals surface area contributed by atoms with E-state index in [2.05, 4.69) is 20.9 Å². The number of amides is 1. The first-order chi connectivity index (χ1) is 19.5. The van der Waals surface area contributed by atoms with Gasteiger partial charge in [-0.15, -0.1) is 0 Å². The summed E-state index contributed by atoms with van der Waals surface area (Å²) in [5.41, 5.74) is 3.24. The zero-order chi connectivity index (χ0) is 27.8. The summed E-state index contributed by atoms with van der Waals surface area (Å²) in [5, 5.41) is 7.02. The van der Waals surface area contributed by atoms with Crippen molar-refractivity contribution in [2.24, 2.45) is 5.10 Å². The lowest BCUT2D eigenvalue weighted by Crippen LogP contribution is -2.27. The minimum atomic E-state index is -0.559. The van der Waals surface area contributed by atoms with E-state index < -0.39 is 6.04 Å². The van der Waals surface area contributed by atoms with Crippen LogP contribution < -0.4 is 15.0 Å². The lowest BCUT2D eigenvalue weighted by atomic mass is 9.92. The highest BCUT2D eigenvalue weighted by Crippen LogP contribution is 2.38. The molecule has 200 valence electrons. The van der Waals surface area contributed by atoms with Crippen molar-refractivity contribution in [1.29, 1.82) is 0 Å². The molecule has 1 aliphatic heterocycles. The smallest absolute Gasteiger partial charge is 0.274 e. The Bertz CT molecular complexity index is 1790. The Morgan fingerprint density at radius 3 is 2.40 bits per heavy atom. The van der Waals surface area contributed by atoms with Gasteiger partial charge in [-0.05, 0) is 48.0 Å². The first kappa shape index (κ1) is 25.6. The van der Waals surface area contributed by atoms with Gasteiger partial charge in [0.15, 0.2) is 0 Å². The highest BCUT2D eigenvalue weighted by molar-refractivity contribution is 9.10. The number of methoxy groups -OCH3 is 2. The Labute approximate surface area is 238 Å². The van der Waals surface area contributed by atoms with E-state index in [1.165, 1.54) is 19.2 Å². The number of carbonyl (C=O) groups is 1. The number of H-pyrrole nitrogens is 1. The number of nitrogens with zero attached hydrogens (tertiary/aromatic N) is 2. The first-order valence-corrected chi connectivity index (χ1v) is 13.3. The average molecular weight is 598 g/mol. The predicted octanol–water partition coefficient (Wildman–Crippen LogP) is 6.56. The van der Waals surface area contributed by atoms with Crippen LogP contribution in [0.3, 0.4) is 0 Å². The number of hydrogen-bond acceptors (Lipinski definition) is 6. The summed E-state index contributed by atoms with van der Waals surface area (Å²) in [6.45, 7) is 0. The van der Waals surface area contributed by atoms with Gasteiger partial charge in [-0.1, -0.05) is 46.3 Å². The molecule has 6 rings (SSSR count). The minimum Gasteiger partial charge on any atom is -0.497 e. The molecule has 1 aliphatic rings. The van der Waals surface area contributed by atoms with Gasteiger partial charge in [-0.2, -0.15) is 5.10 Å². The highest BCUT2D eigenvalue weighted by atomic mass is 79.9. The molecule has 8 nitrogen and oxygen atoms in total. The number of benzene rings is 3. The van der Waals surface area contributed by atoms with Crippen LogP contribution in [0.15, 0.2) is 104 Å². The molecule has 40 heavy (non-hydrogen) atoms. The Balaban J connectivity index is 1.55. The van der Waals surface area contributed by atoms with E-state index in [1.807, 2.05) is 48.5 Å². The van der Waals surface area contributed by atoms with Crippen molar-refractivity contribution in [3.63, 3.8) is 0 Å². The second kappa shape index (κ2) is 10.5. The summed E-state index contributed by atoms with van der Waals surface area (Å²) in [6.07, 6.45) is 1.84. The summed E-state index contributed by atoms with van der Waals surface area (Å²) in [6, 6.07) is 23.4. The molecule has 3 heterocycles. The molecule has 9 heteroatoms. The fourth-order valence-corrected chi connectivity index (χ4v) is 5.42. The van der Waals surface area contributed by atoms with Crippen LogP contribution in [0.4, 0.5) is 0 Å². The van der Waals surface area contributed by atoms with E-state index in [1.54, 1.807) is 36.6 Å². The van der Waals surface area contributed by atoms with E-state index in [4.69, 9.17) is 19.0 Å². The van der Waals surface area contributed by atoms with E-state index in [0.29, 0.717) is 39.6 Å². The number of aromatic nitrogens is 1. The normalized spacial score (nSPS) is 14.8. The van der Waals surface area contributed by atoms with Gasteiger partial charge >= 0.3 is 0 Å². The topological polar surface area (TPSA) is 97.1 Å². The minimum absolute atomic E-state index is 0.281. The van der Waals surface area contributed by atoms with Crippen molar-refractivity contribution in [2.45, 2.75) is 12.5 Å². The molecule has 1 unspecified atom stereocenters. The molecule has 1 atom stereocenters. The number of halogens is 1. The molecule has 0 saturated heterocycles. The number of hydrogen-bond donors (Lipinski definition) is 1. The van der Waals surface area contributed by atoms with Gasteiger partial charge in [0.05, 0.1) is 31.8 Å². The lowest BCUT2D eigenvalue weighted by Gasteiger charge is -2.20. The number of carbonyl (C=O) groups excluding carboxylic acids is 1. The molecule has 0 fully saturated rings. The van der Waals surface area contributed by atoms with Crippen LogP contribution in [-0.2, 0) is 0 Å². The van der Waals surface area contributed by atoms with Gasteiger partial charge in [-0.25, -0.2) is 5.01 Å². The standard InChI is InChI=1S/C31H24BrN3O5/c1-38-21-13-19(14-22(16-21)39-2)31(37)35-26(27-9-6-12-40-27)17-25(34-35)29-28(18-7-4-3-5-8-18)23-15-20(32)10-11-24(23)33-30(29)36/h3-16,26H,17H2,1-2H3,(H,33,36). The zero-order valence-corrected chi connectivity index (χ0v) is 23.3. The summed E-state index contributed by atoms with van der Waals surface area (Å²) < 4.78 is 17.4. The van der Waals surface area contributed by atoms with E-state index in [9.17, 15) is 9.59 Å². The van der Waals surface area contributed by atoms with Crippen LogP contribution in [-0.4, -0.2) is 35.8 Å². The molecule has 3 aromatic carbocycles. The van der Waals surface area contributed by atoms with Crippen molar-refractivity contribution in [1.82, 2.24) is 9.99 Å². The molecule has 1 amide bonds. The number of furan rings is 1. The third-order valence-electron chi connectivity index (χ3n) is 6.92. The number of hydrazone groups is 1. The summed E-state index contributed by atoms with van der Waals surface area (Å²) in [5.74, 6) is 1.13. The van der Waals surface area contributed by atoms with Crippen molar-refractivity contribution in [2.75, 3.05) is 14.2 Å². The van der Waals surface area contributed by atoms with Crippen molar-refractivity contribution in [3.8, 4) is 22.6 Å². The molecule has 2 aromatic heterocycles. The number of rotatable bonds is 6. The highest BCUT2D eigenvalue weighted by Gasteiger charge is 2.37. The van der Waals surface area contributed by atoms with Crippen molar-refractivity contribution in [3.05, 3.63) is 117 Å². The molecular weight excluding hydrogens is 574 g/mol. The Kier molecular flexibility index (Phi) is 6.73. The molecule has 0 aliphatic carbocycles. The van der Waals surface area contributed by atoms with Crippen LogP contribution in [0.2, 0.25) is 0 Å². The van der Waals surface area contributed by atoms with E-state index in [-0.39, 0.29) is 17.9 Å². The molecule has 5 aromatic rings. The predicted molar refractivity (Wildman–Crippen MR) is 156 cm³/mol. The maximum absolute atomic E-state index is 13.9. The SMILES string of the molecule is COc1cc(OC)cc(C(=O)N2N=C(c3c(-c4ccccc4)c4cc(Br)ccc4[nH]c3=O)CC2c2ccco2)c1. The summed E-state index contributed by atoms with van der Waals surface area (Å²) >= 11 is 3.57. The number of pyridine rings is 1. The molecule has 1 N–H and O–H groups in total. The van der Waals surface area contributed by atoms with E-state index in [0.717, 1.165) is 21.0 Å². The number of ether oxygens (including phenoxy) is 2. The van der Waals surface area contributed by atoms with Gasteiger partial charge in [0.1, 0.15) is 23.3 Å². The molecule has 0 radical (unpaired) electrons. The first-order valence-electron chi connectivity index (χ1n) is 12.6. The van der Waals surface area contributed by atoms with Crippen LogP contribution in [0, 0.1) is 0 Å². The maximum atomic E-state index is 13.9. The third kappa shape index (κ3) is 4.58. The van der Waals surface area contributed by atoms with Crippen molar-refractivity contribution >= 4 is 38.5 Å². The van der Waals surface area contributed by atoms with Crippen LogP contribution >= 0.6 is 15.9 Å². The molecular formula is C31H24BrN3O5. The zero-order valence-electron chi connectivity index (χ0n) is 21.7. The second-order valence-electron chi connectivity index (χ2n) is 9.29. The monoisotopic (exact) mass is 597 g/mol. The van der Waals surface area contributed by atoms with Crippen LogP contribution in [0.1, 0.15) is 34.1 Å². The summed E-state index contributed by atoms with van der Waals surface area (Å²) in [7, 11) is 3.05. The van der Waals surface area contributed by atoms with Gasteiger partial charge in [0, 0.05) is 39.0 Å². The van der Waals surface area contributed by atoms with Crippen LogP contribution in [0.5, 0.6) is 11.5 Å². The van der Waals surface area contributed by atoms with Gasteiger partial charge in [0.2, 0.25) is 0 Å².